The van der Waals surface area contributed by atoms with E-state index in [0.717, 1.165) is 5.69 Å². The minimum absolute atomic E-state index is 0.104. The molecule has 3 aromatic carbocycles. The molecular formula is C30H28F2N5O7S+. The zero-order valence-electron chi connectivity index (χ0n) is 23.9. The molecule has 0 spiro atoms. The number of nitrogens with zero attached hydrogens (tertiary/aromatic N) is 2. The lowest BCUT2D eigenvalue weighted by Gasteiger charge is -2.10. The van der Waals surface area contributed by atoms with E-state index in [2.05, 4.69) is 20.3 Å². The zero-order chi connectivity index (χ0) is 33.0. The van der Waals surface area contributed by atoms with Gasteiger partial charge in [0.1, 0.15) is 5.69 Å². The number of benzene rings is 3. The van der Waals surface area contributed by atoms with Crippen LogP contribution in [0.3, 0.4) is 0 Å². The highest BCUT2D eigenvalue weighted by molar-refractivity contribution is 7.83. The highest BCUT2D eigenvalue weighted by Crippen LogP contribution is 2.27. The summed E-state index contributed by atoms with van der Waals surface area (Å²) < 4.78 is 37.3. The van der Waals surface area contributed by atoms with Crippen LogP contribution in [0.2, 0.25) is 0 Å². The van der Waals surface area contributed by atoms with Gasteiger partial charge in [-0.25, -0.2) is 13.8 Å². The largest absolute Gasteiger partial charge is 0.477 e. The Morgan fingerprint density at radius 2 is 1.60 bits per heavy atom. The van der Waals surface area contributed by atoms with Crippen LogP contribution in [0.15, 0.2) is 102 Å². The van der Waals surface area contributed by atoms with Crippen LogP contribution < -0.4 is 15.4 Å². The zero-order valence-corrected chi connectivity index (χ0v) is 24.7. The van der Waals surface area contributed by atoms with Gasteiger partial charge in [-0.05, 0) is 54.6 Å². The number of carboxylic acids is 1. The average Bonchev–Trinajstić information content (AvgIpc) is 3.04. The lowest BCUT2D eigenvalue weighted by molar-refractivity contribution is -0.736. The Morgan fingerprint density at radius 1 is 0.933 bits per heavy atom. The SMILES string of the molecule is CC(F)(F)C(=O)O.CO[N+](=O)c1cc(C(=O)Nc2cccc(C(=O)NS(=O)c3ccccc3)c2)ccc1NCc1ccccn1. The van der Waals surface area contributed by atoms with Crippen molar-refractivity contribution in [2.75, 3.05) is 17.7 Å². The monoisotopic (exact) mass is 640 g/mol. The first-order chi connectivity index (χ1) is 21.4. The van der Waals surface area contributed by atoms with Crippen molar-refractivity contribution < 1.29 is 42.2 Å². The number of hydrogen-bond acceptors (Lipinski definition) is 8. The van der Waals surface area contributed by atoms with Gasteiger partial charge in [0.15, 0.2) is 18.1 Å². The van der Waals surface area contributed by atoms with Crippen molar-refractivity contribution in [3.63, 3.8) is 0 Å². The van der Waals surface area contributed by atoms with Gasteiger partial charge >= 0.3 is 17.6 Å². The second kappa shape index (κ2) is 15.8. The van der Waals surface area contributed by atoms with Gasteiger partial charge in [-0.2, -0.15) is 8.78 Å². The second-order valence-electron chi connectivity index (χ2n) is 9.09. The number of carbonyl (C=O) groups is 3. The normalized spacial score (nSPS) is 11.2. The van der Waals surface area contributed by atoms with Gasteiger partial charge in [0.05, 0.1) is 22.0 Å². The summed E-state index contributed by atoms with van der Waals surface area (Å²) in [4.78, 5) is 57.0. The molecule has 4 rings (SSSR count). The van der Waals surface area contributed by atoms with Crippen molar-refractivity contribution in [2.24, 2.45) is 0 Å². The number of rotatable bonds is 11. The molecule has 0 aliphatic carbocycles. The molecule has 12 nitrogen and oxygen atoms in total. The molecule has 15 heteroatoms. The number of anilines is 2. The standard InChI is InChI=1S/C27H23N5O5S.C3H4F2O2/c1-37-32(35)25-17-20(13-14-24(25)29-18-22-9-5-6-15-28-22)26(33)30-21-10-7-8-19(16-21)27(34)31-38(36)23-11-3-2-4-12-23;1-3(4,5)2(6)7/h2-17H,18H2,1H3,(H2-,29,30,31,33,34,35);1H3,(H,6,7)/p+1. The second-order valence-corrected chi connectivity index (χ2v) is 10.3. The summed E-state index contributed by atoms with van der Waals surface area (Å²) in [5, 5.41) is 13.3. The fourth-order valence-corrected chi connectivity index (χ4v) is 4.26. The van der Waals surface area contributed by atoms with Crippen LogP contribution in [0.1, 0.15) is 33.3 Å². The Kier molecular flexibility index (Phi) is 11.9. The molecule has 0 radical (unpaired) electrons. The lowest BCUT2D eigenvalue weighted by atomic mass is 10.1. The van der Waals surface area contributed by atoms with E-state index in [-0.39, 0.29) is 16.8 Å². The summed E-state index contributed by atoms with van der Waals surface area (Å²) >= 11 is 0. The van der Waals surface area contributed by atoms with Gasteiger partial charge in [0.25, 0.3) is 16.7 Å². The molecule has 4 N–H and O–H groups in total. The molecule has 0 saturated heterocycles. The average molecular weight is 641 g/mol. The first-order valence-electron chi connectivity index (χ1n) is 13.0. The highest BCUT2D eigenvalue weighted by atomic mass is 32.2. The summed E-state index contributed by atoms with van der Waals surface area (Å²) in [5.74, 6) is -6.74. The van der Waals surface area contributed by atoms with Crippen LogP contribution in [0.5, 0.6) is 0 Å². The van der Waals surface area contributed by atoms with Crippen molar-refractivity contribution in [1.82, 2.24) is 9.71 Å². The Hall–Kier alpha value is -5.57. The fourth-order valence-electron chi connectivity index (χ4n) is 3.45. The number of carboxylic acid groups (broad SMARTS) is 1. The van der Waals surface area contributed by atoms with Gasteiger partial charge in [-0.15, -0.1) is 0 Å². The topological polar surface area (TPSA) is 167 Å². The maximum Gasteiger partial charge on any atom is 0.374 e. The Labute approximate surface area is 258 Å². The van der Waals surface area contributed by atoms with E-state index in [1.807, 2.05) is 12.1 Å². The van der Waals surface area contributed by atoms with E-state index in [9.17, 15) is 32.3 Å². The molecular weight excluding hydrogens is 612 g/mol. The summed E-state index contributed by atoms with van der Waals surface area (Å²) in [6.45, 7) is 0.691. The van der Waals surface area contributed by atoms with Crippen molar-refractivity contribution in [3.05, 3.63) is 119 Å². The van der Waals surface area contributed by atoms with E-state index in [1.165, 1.54) is 19.2 Å². The van der Waals surface area contributed by atoms with Gasteiger partial charge in [-0.1, -0.05) is 30.3 Å². The number of alkyl halides is 2. The number of aromatic nitrogens is 1. The van der Waals surface area contributed by atoms with Crippen LogP contribution in [0.25, 0.3) is 0 Å². The van der Waals surface area contributed by atoms with E-state index in [4.69, 9.17) is 9.94 Å². The van der Waals surface area contributed by atoms with Crippen LogP contribution in [-0.4, -0.2) is 50.0 Å². The molecule has 0 fully saturated rings. The number of hydrogen-bond donors (Lipinski definition) is 4. The molecule has 1 aromatic heterocycles. The summed E-state index contributed by atoms with van der Waals surface area (Å²) in [6, 6.07) is 24.8. The number of pyridine rings is 1. The molecule has 0 aliphatic heterocycles. The highest BCUT2D eigenvalue weighted by Gasteiger charge is 2.31. The maximum absolute atomic E-state index is 13.0. The van der Waals surface area contributed by atoms with Gasteiger partial charge in [0.2, 0.25) is 0 Å². The third-order valence-corrected chi connectivity index (χ3v) is 6.78. The molecule has 2 amide bonds. The molecule has 0 aliphatic rings. The van der Waals surface area contributed by atoms with E-state index < -0.39 is 34.7 Å². The Morgan fingerprint density at radius 3 is 2.22 bits per heavy atom. The van der Waals surface area contributed by atoms with Crippen LogP contribution in [0, 0.1) is 4.91 Å². The first-order valence-corrected chi connectivity index (χ1v) is 14.1. The van der Waals surface area contributed by atoms with E-state index in [1.54, 1.807) is 72.9 Å². The van der Waals surface area contributed by atoms with Crippen molar-refractivity contribution in [2.45, 2.75) is 24.3 Å². The molecule has 0 saturated carbocycles. The number of amides is 2. The molecule has 1 unspecified atom stereocenters. The van der Waals surface area contributed by atoms with Crippen molar-refractivity contribution in [1.29, 1.82) is 0 Å². The maximum atomic E-state index is 13.0. The minimum Gasteiger partial charge on any atom is -0.477 e. The molecule has 1 heterocycles. The third-order valence-electron chi connectivity index (χ3n) is 5.71. The number of carbonyl (C=O) groups excluding carboxylic acids is 2. The molecule has 234 valence electrons. The number of aliphatic carboxylic acids is 1. The predicted molar refractivity (Wildman–Crippen MR) is 161 cm³/mol. The van der Waals surface area contributed by atoms with Crippen LogP contribution >= 0.6 is 0 Å². The summed E-state index contributed by atoms with van der Waals surface area (Å²) in [6.07, 6.45) is 1.67. The van der Waals surface area contributed by atoms with E-state index in [0.29, 0.717) is 34.7 Å². The molecule has 1 atom stereocenters. The van der Waals surface area contributed by atoms with Crippen molar-refractivity contribution in [3.8, 4) is 0 Å². The predicted octanol–water partition coefficient (Wildman–Crippen LogP) is 5.10. The summed E-state index contributed by atoms with van der Waals surface area (Å²) in [7, 11) is -0.503. The number of nitrogens with one attached hydrogen (secondary N) is 3. The van der Waals surface area contributed by atoms with Gasteiger partial charge in [-0.3, -0.25) is 19.3 Å². The lowest BCUT2D eigenvalue weighted by Crippen LogP contribution is -2.25. The van der Waals surface area contributed by atoms with Gasteiger partial charge < -0.3 is 15.7 Å². The fraction of sp³-hybridized carbons (Fsp3) is 0.133. The quantitative estimate of drug-likeness (QED) is 0.163. The smallest absolute Gasteiger partial charge is 0.374 e. The Bertz CT molecular complexity index is 1690. The minimum atomic E-state index is -3.58. The van der Waals surface area contributed by atoms with Crippen molar-refractivity contribution >= 4 is 45.8 Å². The molecule has 4 aromatic rings. The molecule has 45 heavy (non-hydrogen) atoms. The number of halogens is 2. The van der Waals surface area contributed by atoms with Crippen LogP contribution in [-0.2, 0) is 27.2 Å². The van der Waals surface area contributed by atoms with Crippen LogP contribution in [0.4, 0.5) is 25.8 Å². The molecule has 0 bridgehead atoms. The van der Waals surface area contributed by atoms with Gasteiger partial charge in [0, 0.05) is 36.0 Å². The first kappa shape index (κ1) is 33.9. The van der Waals surface area contributed by atoms with E-state index >= 15 is 0 Å². The summed E-state index contributed by atoms with van der Waals surface area (Å²) in [5.41, 5.74) is 2.08. The third kappa shape index (κ3) is 10.3. The Balaban J connectivity index is 0.000000707.